The van der Waals surface area contributed by atoms with Crippen molar-refractivity contribution >= 4 is 18.0 Å². The molecule has 0 spiro atoms. The number of rotatable bonds is 10. The van der Waals surface area contributed by atoms with Crippen LogP contribution in [0.3, 0.4) is 0 Å². The molecule has 1 aliphatic rings. The lowest BCUT2D eigenvalue weighted by molar-refractivity contribution is -0.143. The van der Waals surface area contributed by atoms with Crippen LogP contribution in [-0.4, -0.2) is 66.5 Å². The predicted octanol–water partition coefficient (Wildman–Crippen LogP) is 6.55. The van der Waals surface area contributed by atoms with E-state index in [1.54, 1.807) is 33.9 Å². The second-order valence-corrected chi connectivity index (χ2v) is 11.1. The molecule has 10 nitrogen and oxygen atoms in total. The number of carboxylic acid groups (broad SMARTS) is 1. The number of amides is 1. The summed E-state index contributed by atoms with van der Waals surface area (Å²) in [6.07, 6.45) is -3.28. The van der Waals surface area contributed by atoms with Crippen LogP contribution in [0, 0.1) is 0 Å². The minimum absolute atomic E-state index is 0.0850. The van der Waals surface area contributed by atoms with Gasteiger partial charge in [0.25, 0.3) is 0 Å². The van der Waals surface area contributed by atoms with Gasteiger partial charge >= 0.3 is 24.4 Å². The van der Waals surface area contributed by atoms with Crippen LogP contribution in [0.4, 0.5) is 37.1 Å². The molecular weight excluding hydrogens is 622 g/mol. The fourth-order valence-corrected chi connectivity index (χ4v) is 5.69. The Morgan fingerprint density at radius 1 is 0.935 bits per heavy atom. The monoisotopic (exact) mass is 656 g/mol. The molecule has 46 heavy (non-hydrogen) atoms. The maximum Gasteiger partial charge on any atom is 0.416 e. The highest BCUT2D eigenvalue weighted by molar-refractivity contribution is 5.70. The summed E-state index contributed by atoms with van der Waals surface area (Å²) in [6.45, 7) is 2.98. The van der Waals surface area contributed by atoms with E-state index in [9.17, 15) is 35.9 Å². The van der Waals surface area contributed by atoms with E-state index in [0.29, 0.717) is 36.1 Å². The second kappa shape index (κ2) is 14.0. The zero-order valence-electron chi connectivity index (χ0n) is 25.3. The summed E-state index contributed by atoms with van der Waals surface area (Å²) >= 11 is 0. The maximum absolute atomic E-state index is 13.7. The number of hydrogen-bond donors (Lipinski definition) is 1. The van der Waals surface area contributed by atoms with E-state index in [1.807, 2.05) is 13.8 Å². The fraction of sp³-hybridized carbons (Fsp3) is 0.500. The Bertz CT molecular complexity index is 1460. The van der Waals surface area contributed by atoms with Crippen molar-refractivity contribution in [3.05, 3.63) is 59.7 Å². The molecule has 0 aliphatic carbocycles. The van der Waals surface area contributed by atoms with Crippen molar-refractivity contribution in [2.75, 3.05) is 11.5 Å². The number of hydrogen-bond acceptors (Lipinski definition) is 7. The van der Waals surface area contributed by atoms with Crippen molar-refractivity contribution in [1.82, 2.24) is 24.6 Å². The second-order valence-electron chi connectivity index (χ2n) is 11.1. The quantitative estimate of drug-likeness (QED) is 0.245. The normalized spacial score (nSPS) is 18.8. The van der Waals surface area contributed by atoms with Gasteiger partial charge in [-0.05, 0) is 49.4 Å². The summed E-state index contributed by atoms with van der Waals surface area (Å²) in [4.78, 5) is 36.0. The molecule has 1 unspecified atom stereocenters. The molecule has 0 saturated carbocycles. The molecule has 16 heteroatoms. The molecule has 1 fully saturated rings. The van der Waals surface area contributed by atoms with E-state index in [1.165, 1.54) is 12.4 Å². The Balaban J connectivity index is 1.73. The van der Waals surface area contributed by atoms with Crippen molar-refractivity contribution < 1.29 is 45.8 Å². The van der Waals surface area contributed by atoms with Crippen molar-refractivity contribution in [2.24, 2.45) is 7.05 Å². The van der Waals surface area contributed by atoms with Gasteiger partial charge in [-0.25, -0.2) is 14.8 Å². The Labute approximate surface area is 261 Å². The van der Waals surface area contributed by atoms with Crippen LogP contribution in [0.1, 0.15) is 62.6 Å². The van der Waals surface area contributed by atoms with Gasteiger partial charge in [0.2, 0.25) is 5.95 Å². The van der Waals surface area contributed by atoms with Crippen LogP contribution in [0.2, 0.25) is 0 Å². The van der Waals surface area contributed by atoms with Gasteiger partial charge in [0.1, 0.15) is 6.61 Å². The fourth-order valence-electron chi connectivity index (χ4n) is 5.69. The van der Waals surface area contributed by atoms with Gasteiger partial charge < -0.3 is 19.6 Å². The van der Waals surface area contributed by atoms with Crippen molar-refractivity contribution in [2.45, 2.75) is 83.0 Å². The molecule has 250 valence electrons. The maximum atomic E-state index is 13.7. The van der Waals surface area contributed by atoms with E-state index in [0.717, 1.165) is 0 Å². The molecule has 2 aromatic heterocycles. The van der Waals surface area contributed by atoms with Gasteiger partial charge in [0.15, 0.2) is 0 Å². The molecule has 3 heterocycles. The summed E-state index contributed by atoms with van der Waals surface area (Å²) in [5, 5.41) is 13.0. The first-order valence-electron chi connectivity index (χ1n) is 14.6. The van der Waals surface area contributed by atoms with Gasteiger partial charge in [0, 0.05) is 61.4 Å². The van der Waals surface area contributed by atoms with E-state index < -0.39 is 53.7 Å². The van der Waals surface area contributed by atoms with E-state index in [2.05, 4.69) is 15.1 Å². The number of benzene rings is 1. The Hall–Kier alpha value is -4.37. The number of nitrogens with zero attached hydrogens (tertiary/aromatic N) is 6. The number of aryl methyl sites for hydroxylation is 1. The number of likely N-dealkylation sites (tertiary alicyclic amines) is 1. The minimum Gasteiger partial charge on any atom is -0.481 e. The van der Waals surface area contributed by atoms with Crippen molar-refractivity contribution in [1.29, 1.82) is 0 Å². The minimum atomic E-state index is -5.02. The van der Waals surface area contributed by atoms with Gasteiger partial charge in [-0.3, -0.25) is 9.48 Å². The largest absolute Gasteiger partial charge is 0.481 e. The highest BCUT2D eigenvalue weighted by Gasteiger charge is 2.41. The zero-order valence-corrected chi connectivity index (χ0v) is 25.3. The topological polar surface area (TPSA) is 114 Å². The third-order valence-electron chi connectivity index (χ3n) is 7.94. The Morgan fingerprint density at radius 3 is 1.96 bits per heavy atom. The lowest BCUT2D eigenvalue weighted by Gasteiger charge is -2.47. The molecule has 0 bridgehead atoms. The molecule has 3 atom stereocenters. The molecule has 0 radical (unpaired) electrons. The Morgan fingerprint density at radius 2 is 1.50 bits per heavy atom. The SMILES string of the molecule is CC[C@@H]1CC(N(Cc2cc(C(F)(F)F)cc(C(F)(F)F)c2)c2ncc(-c3cnn(C)c3)cn2)C[C@H](CC)N1C(=O)OCCC(=O)O. The van der Waals surface area contributed by atoms with Crippen LogP contribution < -0.4 is 4.90 Å². The first-order valence-corrected chi connectivity index (χ1v) is 14.6. The van der Waals surface area contributed by atoms with E-state index in [4.69, 9.17) is 9.84 Å². The summed E-state index contributed by atoms with van der Waals surface area (Å²) < 4.78 is 89.1. The first-order chi connectivity index (χ1) is 21.6. The zero-order chi connectivity index (χ0) is 33.8. The number of aromatic nitrogens is 4. The van der Waals surface area contributed by atoms with Crippen molar-refractivity contribution in [3.8, 4) is 11.1 Å². The predicted molar refractivity (Wildman–Crippen MR) is 153 cm³/mol. The Kier molecular flexibility index (Phi) is 10.5. The molecule has 1 amide bonds. The van der Waals surface area contributed by atoms with Crippen molar-refractivity contribution in [3.63, 3.8) is 0 Å². The number of alkyl halides is 6. The van der Waals surface area contributed by atoms with Crippen LogP contribution in [0.25, 0.3) is 11.1 Å². The van der Waals surface area contributed by atoms with Gasteiger partial charge in [0.05, 0.1) is 23.7 Å². The average molecular weight is 657 g/mol. The standard InChI is InChI=1S/C30H34F6N6O4/c1-4-23-11-25(12-24(5-2)42(23)28(45)46-7-6-26(43)44)41(27-37-13-19(14-38-27)20-15-39-40(3)17-20)16-18-8-21(29(31,32)33)10-22(9-18)30(34,35)36/h8-10,13-15,17,23-25H,4-7,11-12,16H2,1-3H3,(H,43,44)/t23-,24+,25?. The summed E-state index contributed by atoms with van der Waals surface area (Å²) in [5.74, 6) is -1.04. The molecule has 1 aromatic carbocycles. The summed E-state index contributed by atoms with van der Waals surface area (Å²) in [6, 6.07) is 0.120. The van der Waals surface area contributed by atoms with Crippen LogP contribution in [0.5, 0.6) is 0 Å². The third-order valence-corrected chi connectivity index (χ3v) is 7.94. The number of carbonyl (C=O) groups excluding carboxylic acids is 1. The highest BCUT2D eigenvalue weighted by atomic mass is 19.4. The molecule has 1 saturated heterocycles. The lowest BCUT2D eigenvalue weighted by Crippen LogP contribution is -2.57. The molecule has 1 N–H and O–H groups in total. The number of aliphatic carboxylic acids is 1. The number of carbonyl (C=O) groups is 2. The van der Waals surface area contributed by atoms with Crippen LogP contribution in [0.15, 0.2) is 43.0 Å². The smallest absolute Gasteiger partial charge is 0.416 e. The molecule has 1 aliphatic heterocycles. The van der Waals surface area contributed by atoms with E-state index >= 15 is 0 Å². The average Bonchev–Trinajstić information content (AvgIpc) is 3.44. The number of carboxylic acids is 1. The van der Waals surface area contributed by atoms with Gasteiger partial charge in [-0.2, -0.15) is 31.4 Å². The van der Waals surface area contributed by atoms with Crippen LogP contribution in [-0.2, 0) is 35.5 Å². The number of piperidine rings is 1. The molecule has 3 aromatic rings. The number of anilines is 1. The summed E-state index contributed by atoms with van der Waals surface area (Å²) in [5.41, 5.74) is -1.78. The highest BCUT2D eigenvalue weighted by Crippen LogP contribution is 2.38. The molecule has 4 rings (SSSR count). The van der Waals surface area contributed by atoms with Gasteiger partial charge in [-0.15, -0.1) is 0 Å². The van der Waals surface area contributed by atoms with Gasteiger partial charge in [-0.1, -0.05) is 13.8 Å². The first kappa shape index (κ1) is 34.5. The molecular formula is C30H34F6N6O4. The number of ether oxygens (including phenoxy) is 1. The van der Waals surface area contributed by atoms with E-state index in [-0.39, 0.29) is 50.0 Å². The number of halogens is 6. The lowest BCUT2D eigenvalue weighted by atomic mass is 9.87. The van der Waals surface area contributed by atoms with Crippen LogP contribution >= 0.6 is 0 Å². The summed E-state index contributed by atoms with van der Waals surface area (Å²) in [7, 11) is 1.73. The third kappa shape index (κ3) is 8.26.